The Balaban J connectivity index is 1.92. The van der Waals surface area contributed by atoms with E-state index in [2.05, 4.69) is 0 Å². The van der Waals surface area contributed by atoms with Gasteiger partial charge in [-0.1, -0.05) is 18.2 Å². The second-order valence-corrected chi connectivity index (χ2v) is 5.04. The number of amides is 1. The fourth-order valence-corrected chi connectivity index (χ4v) is 1.94. The van der Waals surface area contributed by atoms with Crippen LogP contribution in [-0.4, -0.2) is 30.4 Å². The number of ether oxygens (including phenoxy) is 1. The standard InChI is InChI=1S/C17H14F3NO3/c1-21(9-11-4-2-3-5-14(11)19)16(22)10-24-17(23)13-7-6-12(18)8-15(13)20/h2-8H,9-10H2,1H3. The molecule has 0 saturated heterocycles. The Morgan fingerprint density at radius 1 is 1.04 bits per heavy atom. The van der Waals surface area contributed by atoms with E-state index in [0.29, 0.717) is 11.6 Å². The monoisotopic (exact) mass is 337 g/mol. The number of hydrogen-bond donors (Lipinski definition) is 0. The summed E-state index contributed by atoms with van der Waals surface area (Å²) in [6, 6.07) is 8.34. The first-order valence-electron chi connectivity index (χ1n) is 6.98. The van der Waals surface area contributed by atoms with Crippen molar-refractivity contribution in [2.24, 2.45) is 0 Å². The van der Waals surface area contributed by atoms with Gasteiger partial charge in [-0.2, -0.15) is 0 Å². The molecule has 1 amide bonds. The van der Waals surface area contributed by atoms with Gasteiger partial charge in [0.2, 0.25) is 0 Å². The molecule has 0 radical (unpaired) electrons. The fraction of sp³-hybridized carbons (Fsp3) is 0.176. The normalized spacial score (nSPS) is 10.3. The van der Waals surface area contributed by atoms with Crippen LogP contribution in [0.2, 0.25) is 0 Å². The van der Waals surface area contributed by atoms with Crippen LogP contribution in [0, 0.1) is 17.5 Å². The van der Waals surface area contributed by atoms with Crippen molar-refractivity contribution in [2.75, 3.05) is 13.7 Å². The third-order valence-corrected chi connectivity index (χ3v) is 3.27. The number of carbonyl (C=O) groups excluding carboxylic acids is 2. The van der Waals surface area contributed by atoms with Crippen molar-refractivity contribution in [1.82, 2.24) is 4.90 Å². The minimum atomic E-state index is -1.08. The second kappa shape index (κ2) is 7.63. The minimum Gasteiger partial charge on any atom is -0.452 e. The van der Waals surface area contributed by atoms with Crippen molar-refractivity contribution in [3.05, 3.63) is 71.0 Å². The van der Waals surface area contributed by atoms with E-state index in [0.717, 1.165) is 12.1 Å². The summed E-state index contributed by atoms with van der Waals surface area (Å²) < 4.78 is 44.5. The molecule has 0 aliphatic carbocycles. The Morgan fingerprint density at radius 2 is 1.75 bits per heavy atom. The Hall–Kier alpha value is -2.83. The van der Waals surface area contributed by atoms with Crippen LogP contribution in [0.3, 0.4) is 0 Å². The van der Waals surface area contributed by atoms with E-state index in [1.807, 2.05) is 0 Å². The average Bonchev–Trinajstić information content (AvgIpc) is 2.54. The first kappa shape index (κ1) is 17.5. The lowest BCUT2D eigenvalue weighted by atomic mass is 10.2. The SMILES string of the molecule is CN(Cc1ccccc1F)C(=O)COC(=O)c1ccc(F)cc1F. The summed E-state index contributed by atoms with van der Waals surface area (Å²) >= 11 is 0. The Bertz CT molecular complexity index is 764. The van der Waals surface area contributed by atoms with Crippen LogP contribution < -0.4 is 0 Å². The first-order chi connectivity index (χ1) is 11.4. The van der Waals surface area contributed by atoms with Gasteiger partial charge in [0, 0.05) is 25.2 Å². The molecule has 0 spiro atoms. The summed E-state index contributed by atoms with van der Waals surface area (Å²) in [4.78, 5) is 24.8. The van der Waals surface area contributed by atoms with Crippen LogP contribution in [0.1, 0.15) is 15.9 Å². The van der Waals surface area contributed by atoms with Crippen LogP contribution in [0.25, 0.3) is 0 Å². The second-order valence-electron chi connectivity index (χ2n) is 5.04. The van der Waals surface area contributed by atoms with Gasteiger partial charge in [0.1, 0.15) is 17.5 Å². The van der Waals surface area contributed by atoms with Crippen LogP contribution >= 0.6 is 0 Å². The number of esters is 1. The zero-order chi connectivity index (χ0) is 17.7. The van der Waals surface area contributed by atoms with Crippen molar-refractivity contribution in [3.63, 3.8) is 0 Å². The van der Waals surface area contributed by atoms with E-state index < -0.39 is 41.5 Å². The number of nitrogens with zero attached hydrogens (tertiary/aromatic N) is 1. The van der Waals surface area contributed by atoms with Gasteiger partial charge >= 0.3 is 5.97 Å². The Morgan fingerprint density at radius 3 is 2.42 bits per heavy atom. The molecule has 126 valence electrons. The molecule has 0 atom stereocenters. The molecule has 0 N–H and O–H groups in total. The van der Waals surface area contributed by atoms with Gasteiger partial charge in [-0.3, -0.25) is 4.79 Å². The zero-order valence-corrected chi connectivity index (χ0v) is 12.8. The molecule has 0 saturated carbocycles. The molecule has 4 nitrogen and oxygen atoms in total. The van der Waals surface area contributed by atoms with Crippen LogP contribution in [-0.2, 0) is 16.1 Å². The van der Waals surface area contributed by atoms with Crippen molar-refractivity contribution >= 4 is 11.9 Å². The number of benzene rings is 2. The number of likely N-dealkylation sites (N-methyl/N-ethyl adjacent to an activating group) is 1. The molecule has 7 heteroatoms. The van der Waals surface area contributed by atoms with Crippen molar-refractivity contribution in [1.29, 1.82) is 0 Å². The highest BCUT2D eigenvalue weighted by Gasteiger charge is 2.17. The van der Waals surface area contributed by atoms with Crippen LogP contribution in [0.15, 0.2) is 42.5 Å². The van der Waals surface area contributed by atoms with E-state index >= 15 is 0 Å². The molecule has 0 aliphatic rings. The maximum atomic E-state index is 13.5. The number of halogens is 3. The quantitative estimate of drug-likeness (QED) is 0.788. The van der Waals surface area contributed by atoms with Crippen LogP contribution in [0.4, 0.5) is 13.2 Å². The van der Waals surface area contributed by atoms with Gasteiger partial charge in [0.25, 0.3) is 5.91 Å². The van der Waals surface area contributed by atoms with E-state index in [1.165, 1.54) is 30.1 Å². The first-order valence-corrected chi connectivity index (χ1v) is 6.98. The highest BCUT2D eigenvalue weighted by molar-refractivity contribution is 5.91. The fourth-order valence-electron chi connectivity index (χ4n) is 1.94. The molecule has 0 aliphatic heterocycles. The summed E-state index contributed by atoms with van der Waals surface area (Å²) in [5.74, 6) is -4.03. The molecule has 0 fully saturated rings. The number of carbonyl (C=O) groups is 2. The smallest absolute Gasteiger partial charge is 0.341 e. The van der Waals surface area contributed by atoms with Gasteiger partial charge < -0.3 is 9.64 Å². The molecule has 2 aromatic rings. The van der Waals surface area contributed by atoms with E-state index in [4.69, 9.17) is 4.74 Å². The molecule has 2 rings (SSSR count). The molecular formula is C17H14F3NO3. The Kier molecular flexibility index (Phi) is 5.57. The predicted octanol–water partition coefficient (Wildman–Crippen LogP) is 2.92. The average molecular weight is 337 g/mol. The maximum Gasteiger partial charge on any atom is 0.341 e. The lowest BCUT2D eigenvalue weighted by Crippen LogP contribution is -2.31. The zero-order valence-electron chi connectivity index (χ0n) is 12.8. The van der Waals surface area contributed by atoms with Crippen molar-refractivity contribution < 1.29 is 27.5 Å². The van der Waals surface area contributed by atoms with Crippen LogP contribution in [0.5, 0.6) is 0 Å². The molecule has 0 heterocycles. The summed E-state index contributed by atoms with van der Waals surface area (Å²) in [7, 11) is 1.42. The van der Waals surface area contributed by atoms with Gasteiger partial charge in [0.05, 0.1) is 5.56 Å². The van der Waals surface area contributed by atoms with Gasteiger partial charge in [-0.05, 0) is 18.2 Å². The van der Waals surface area contributed by atoms with Crippen molar-refractivity contribution in [3.8, 4) is 0 Å². The summed E-state index contributed by atoms with van der Waals surface area (Å²) in [5.41, 5.74) is -0.162. The maximum absolute atomic E-state index is 13.5. The highest BCUT2D eigenvalue weighted by atomic mass is 19.1. The summed E-state index contributed by atoms with van der Waals surface area (Å²) in [6.45, 7) is -0.644. The minimum absolute atomic E-state index is 0.00599. The largest absolute Gasteiger partial charge is 0.452 e. The van der Waals surface area contributed by atoms with Gasteiger partial charge in [-0.15, -0.1) is 0 Å². The predicted molar refractivity (Wildman–Crippen MR) is 79.5 cm³/mol. The third kappa shape index (κ3) is 4.34. The van der Waals surface area contributed by atoms with Gasteiger partial charge in [0.15, 0.2) is 6.61 Å². The summed E-state index contributed by atoms with van der Waals surface area (Å²) in [6.07, 6.45) is 0. The Labute approximate surface area is 136 Å². The molecule has 0 bridgehead atoms. The summed E-state index contributed by atoms with van der Waals surface area (Å²) in [5, 5.41) is 0. The lowest BCUT2D eigenvalue weighted by Gasteiger charge is -2.17. The third-order valence-electron chi connectivity index (χ3n) is 3.27. The topological polar surface area (TPSA) is 46.6 Å². The van der Waals surface area contributed by atoms with E-state index in [1.54, 1.807) is 6.07 Å². The molecule has 0 unspecified atom stereocenters. The van der Waals surface area contributed by atoms with E-state index in [9.17, 15) is 22.8 Å². The number of rotatable bonds is 5. The van der Waals surface area contributed by atoms with Crippen molar-refractivity contribution in [2.45, 2.75) is 6.54 Å². The van der Waals surface area contributed by atoms with Gasteiger partial charge in [-0.25, -0.2) is 18.0 Å². The molecule has 2 aromatic carbocycles. The molecular weight excluding hydrogens is 323 g/mol. The van der Waals surface area contributed by atoms with E-state index in [-0.39, 0.29) is 6.54 Å². The lowest BCUT2D eigenvalue weighted by molar-refractivity contribution is -0.133. The molecule has 0 aromatic heterocycles. The highest BCUT2D eigenvalue weighted by Crippen LogP contribution is 2.12. The molecule has 24 heavy (non-hydrogen) atoms. The number of hydrogen-bond acceptors (Lipinski definition) is 3.